The van der Waals surface area contributed by atoms with Crippen molar-refractivity contribution in [3.63, 3.8) is 0 Å². The Bertz CT molecular complexity index is 1060. The molecule has 7 nitrogen and oxygen atoms in total. The standard InChI is InChI=1S/C21H21ClFN5O2/c22-17-12-15(1-3-18(17)23)27-21-16-11-14(2-4-19(16)24-13-25-21)26-20(29)5-6-28-7-9-30-10-8-28/h1-4,11-13H,5-10H2,(H,26,29)(H,24,25,27). The summed E-state index contributed by atoms with van der Waals surface area (Å²) in [6.07, 6.45) is 1.85. The highest BCUT2D eigenvalue weighted by Gasteiger charge is 2.13. The normalized spacial score (nSPS) is 14.6. The van der Waals surface area contributed by atoms with Crippen LogP contribution in [-0.2, 0) is 9.53 Å². The van der Waals surface area contributed by atoms with Gasteiger partial charge < -0.3 is 15.4 Å². The summed E-state index contributed by atoms with van der Waals surface area (Å²) < 4.78 is 18.7. The Morgan fingerprint density at radius 3 is 2.73 bits per heavy atom. The number of carbonyl (C=O) groups is 1. The number of nitrogens with zero attached hydrogens (tertiary/aromatic N) is 3. The van der Waals surface area contributed by atoms with Gasteiger partial charge in [0.05, 0.1) is 23.8 Å². The Labute approximate surface area is 178 Å². The molecule has 0 unspecified atom stereocenters. The SMILES string of the molecule is O=C(CCN1CCOCC1)Nc1ccc2ncnc(Nc3ccc(F)c(Cl)c3)c2c1. The van der Waals surface area contributed by atoms with Crippen LogP contribution in [0.15, 0.2) is 42.7 Å². The zero-order chi connectivity index (χ0) is 20.9. The molecule has 0 spiro atoms. The van der Waals surface area contributed by atoms with Gasteiger partial charge in [-0.15, -0.1) is 0 Å². The van der Waals surface area contributed by atoms with Gasteiger partial charge in [0.1, 0.15) is 18.0 Å². The molecule has 1 aliphatic heterocycles. The van der Waals surface area contributed by atoms with Crippen molar-refractivity contribution in [2.24, 2.45) is 0 Å². The van der Waals surface area contributed by atoms with E-state index in [0.717, 1.165) is 18.5 Å². The van der Waals surface area contributed by atoms with Gasteiger partial charge in [-0.05, 0) is 36.4 Å². The summed E-state index contributed by atoms with van der Waals surface area (Å²) in [5.74, 6) is -0.0125. The second-order valence-corrected chi connectivity index (χ2v) is 7.37. The lowest BCUT2D eigenvalue weighted by atomic mass is 10.2. The van der Waals surface area contributed by atoms with Crippen LogP contribution in [-0.4, -0.2) is 53.6 Å². The molecule has 30 heavy (non-hydrogen) atoms. The molecule has 0 aliphatic carbocycles. The van der Waals surface area contributed by atoms with Gasteiger partial charge in [0.15, 0.2) is 0 Å². The van der Waals surface area contributed by atoms with E-state index in [-0.39, 0.29) is 10.9 Å². The van der Waals surface area contributed by atoms with Gasteiger partial charge in [0, 0.05) is 42.8 Å². The first-order chi connectivity index (χ1) is 14.6. The number of fused-ring (bicyclic) bond motifs is 1. The van der Waals surface area contributed by atoms with Gasteiger partial charge in [0.25, 0.3) is 0 Å². The highest BCUT2D eigenvalue weighted by molar-refractivity contribution is 6.31. The number of halogens is 2. The number of morpholine rings is 1. The number of aromatic nitrogens is 2. The fraction of sp³-hybridized carbons (Fsp3) is 0.286. The molecule has 0 radical (unpaired) electrons. The molecule has 1 amide bonds. The smallest absolute Gasteiger partial charge is 0.225 e. The van der Waals surface area contributed by atoms with Gasteiger partial charge in [-0.2, -0.15) is 0 Å². The van der Waals surface area contributed by atoms with Gasteiger partial charge in [-0.25, -0.2) is 14.4 Å². The second-order valence-electron chi connectivity index (χ2n) is 6.96. The number of hydrogen-bond acceptors (Lipinski definition) is 6. The summed E-state index contributed by atoms with van der Waals surface area (Å²) in [4.78, 5) is 23.1. The Kier molecular flexibility index (Phi) is 6.37. The minimum atomic E-state index is -0.489. The van der Waals surface area contributed by atoms with Crippen molar-refractivity contribution in [3.8, 4) is 0 Å². The second kappa shape index (κ2) is 9.34. The van der Waals surface area contributed by atoms with E-state index in [4.69, 9.17) is 16.3 Å². The van der Waals surface area contributed by atoms with Crippen molar-refractivity contribution in [1.82, 2.24) is 14.9 Å². The minimum absolute atomic E-state index is 0.0200. The molecule has 4 rings (SSSR count). The number of hydrogen-bond donors (Lipinski definition) is 2. The third-order valence-electron chi connectivity index (χ3n) is 4.86. The van der Waals surface area contributed by atoms with Crippen LogP contribution in [0.2, 0.25) is 5.02 Å². The zero-order valence-corrected chi connectivity index (χ0v) is 17.0. The lowest BCUT2D eigenvalue weighted by Gasteiger charge is -2.26. The van der Waals surface area contributed by atoms with E-state index >= 15 is 0 Å². The van der Waals surface area contributed by atoms with Gasteiger partial charge >= 0.3 is 0 Å². The average Bonchev–Trinajstić information content (AvgIpc) is 2.76. The number of rotatable bonds is 6. The van der Waals surface area contributed by atoms with Crippen molar-refractivity contribution < 1.29 is 13.9 Å². The molecule has 0 saturated carbocycles. The van der Waals surface area contributed by atoms with Gasteiger partial charge in [-0.3, -0.25) is 9.69 Å². The van der Waals surface area contributed by atoms with Crippen LogP contribution >= 0.6 is 11.6 Å². The fourth-order valence-corrected chi connectivity index (χ4v) is 3.43. The van der Waals surface area contributed by atoms with E-state index < -0.39 is 5.82 Å². The van der Waals surface area contributed by atoms with Crippen LogP contribution < -0.4 is 10.6 Å². The largest absolute Gasteiger partial charge is 0.379 e. The number of carbonyl (C=O) groups excluding carboxylic acids is 1. The van der Waals surface area contributed by atoms with Crippen molar-refractivity contribution in [3.05, 3.63) is 53.6 Å². The van der Waals surface area contributed by atoms with E-state index in [1.54, 1.807) is 12.1 Å². The number of nitrogens with one attached hydrogen (secondary N) is 2. The number of benzene rings is 2. The van der Waals surface area contributed by atoms with E-state index in [2.05, 4.69) is 25.5 Å². The molecule has 2 aromatic carbocycles. The van der Waals surface area contributed by atoms with Crippen LogP contribution in [0.1, 0.15) is 6.42 Å². The summed E-state index contributed by atoms with van der Waals surface area (Å²) in [6.45, 7) is 3.82. The fourth-order valence-electron chi connectivity index (χ4n) is 3.25. The zero-order valence-electron chi connectivity index (χ0n) is 16.2. The molecule has 1 saturated heterocycles. The Morgan fingerprint density at radius 1 is 1.13 bits per heavy atom. The monoisotopic (exact) mass is 429 g/mol. The Balaban J connectivity index is 1.47. The number of ether oxygens (including phenoxy) is 1. The van der Waals surface area contributed by atoms with Crippen LogP contribution in [0, 0.1) is 5.82 Å². The first kappa shape index (κ1) is 20.5. The summed E-state index contributed by atoms with van der Waals surface area (Å²) in [5, 5.41) is 6.81. The Hall–Kier alpha value is -2.81. The van der Waals surface area contributed by atoms with Crippen LogP contribution in [0.4, 0.5) is 21.6 Å². The first-order valence-electron chi connectivity index (χ1n) is 9.65. The maximum Gasteiger partial charge on any atom is 0.225 e. The third-order valence-corrected chi connectivity index (χ3v) is 5.15. The quantitative estimate of drug-likeness (QED) is 0.620. The van der Waals surface area contributed by atoms with Crippen LogP contribution in [0.5, 0.6) is 0 Å². The lowest BCUT2D eigenvalue weighted by molar-refractivity contribution is -0.116. The molecule has 3 aromatic rings. The van der Waals surface area contributed by atoms with Crippen molar-refractivity contribution in [1.29, 1.82) is 0 Å². The summed E-state index contributed by atoms with van der Waals surface area (Å²) in [6, 6.07) is 9.79. The first-order valence-corrected chi connectivity index (χ1v) is 10.0. The number of anilines is 3. The van der Waals surface area contributed by atoms with Gasteiger partial charge in [-0.1, -0.05) is 11.6 Å². The predicted molar refractivity (Wildman–Crippen MR) is 115 cm³/mol. The number of amides is 1. The van der Waals surface area contributed by atoms with Crippen molar-refractivity contribution in [2.75, 3.05) is 43.5 Å². The topological polar surface area (TPSA) is 79.4 Å². The van der Waals surface area contributed by atoms with E-state index in [1.807, 2.05) is 12.1 Å². The minimum Gasteiger partial charge on any atom is -0.379 e. The van der Waals surface area contributed by atoms with E-state index in [1.165, 1.54) is 18.5 Å². The Morgan fingerprint density at radius 2 is 1.93 bits per heavy atom. The highest BCUT2D eigenvalue weighted by atomic mass is 35.5. The molecule has 1 aliphatic rings. The lowest BCUT2D eigenvalue weighted by Crippen LogP contribution is -2.38. The molecule has 0 atom stereocenters. The maximum atomic E-state index is 13.4. The van der Waals surface area contributed by atoms with E-state index in [0.29, 0.717) is 48.9 Å². The summed E-state index contributed by atoms with van der Waals surface area (Å²) >= 11 is 5.86. The molecule has 1 fully saturated rings. The van der Waals surface area contributed by atoms with Crippen LogP contribution in [0.25, 0.3) is 10.9 Å². The molecule has 0 bridgehead atoms. The van der Waals surface area contributed by atoms with Crippen molar-refractivity contribution >= 4 is 45.6 Å². The molecular formula is C21H21ClFN5O2. The van der Waals surface area contributed by atoms with E-state index in [9.17, 15) is 9.18 Å². The van der Waals surface area contributed by atoms with Crippen molar-refractivity contribution in [2.45, 2.75) is 6.42 Å². The predicted octanol–water partition coefficient (Wildman–Crippen LogP) is 3.83. The molecule has 156 valence electrons. The maximum absolute atomic E-state index is 13.4. The molecule has 1 aromatic heterocycles. The summed E-state index contributed by atoms with van der Waals surface area (Å²) in [7, 11) is 0. The molecule has 9 heteroatoms. The molecule has 2 N–H and O–H groups in total. The van der Waals surface area contributed by atoms with Crippen LogP contribution in [0.3, 0.4) is 0 Å². The average molecular weight is 430 g/mol. The molecule has 2 heterocycles. The summed E-state index contributed by atoms with van der Waals surface area (Å²) in [5.41, 5.74) is 1.97. The highest BCUT2D eigenvalue weighted by Crippen LogP contribution is 2.27. The molecular weight excluding hydrogens is 409 g/mol. The third kappa shape index (κ3) is 5.02. The van der Waals surface area contributed by atoms with Gasteiger partial charge in [0.2, 0.25) is 5.91 Å².